The summed E-state index contributed by atoms with van der Waals surface area (Å²) in [5.74, 6) is 0.843. The van der Waals surface area contributed by atoms with E-state index < -0.39 is 4.92 Å². The number of hydrogen-bond acceptors (Lipinski definition) is 6. The molecule has 1 aromatic heterocycles. The van der Waals surface area contributed by atoms with Gasteiger partial charge < -0.3 is 14.5 Å². The minimum absolute atomic E-state index is 0.0384. The number of oxazole rings is 1. The third-order valence-corrected chi connectivity index (χ3v) is 3.60. The predicted octanol–water partition coefficient (Wildman–Crippen LogP) is 3.88. The molecule has 0 aliphatic carbocycles. The second-order valence-corrected chi connectivity index (χ2v) is 5.98. The van der Waals surface area contributed by atoms with E-state index in [1.165, 1.54) is 24.3 Å². The third kappa shape index (κ3) is 3.97. The number of rotatable bonds is 6. The Bertz CT molecular complexity index is 947. The lowest BCUT2D eigenvalue weighted by Gasteiger charge is -2.07. The van der Waals surface area contributed by atoms with Gasteiger partial charge in [0, 0.05) is 23.7 Å². The summed E-state index contributed by atoms with van der Waals surface area (Å²) in [7, 11) is 0. The molecule has 0 bridgehead atoms. The molecule has 1 heterocycles. The summed E-state index contributed by atoms with van der Waals surface area (Å²) < 4.78 is 11.0. The molecule has 3 aromatic rings. The normalized spacial score (nSPS) is 10.9. The fourth-order valence-electron chi connectivity index (χ4n) is 2.28. The van der Waals surface area contributed by atoms with Crippen molar-refractivity contribution in [2.24, 2.45) is 0 Å². The van der Waals surface area contributed by atoms with E-state index in [9.17, 15) is 14.9 Å². The van der Waals surface area contributed by atoms with E-state index in [1.807, 2.05) is 13.8 Å². The molecule has 8 heteroatoms. The number of nitro groups is 1. The van der Waals surface area contributed by atoms with Crippen LogP contribution in [0.25, 0.3) is 11.1 Å². The zero-order valence-electron chi connectivity index (χ0n) is 14.3. The first-order valence-corrected chi connectivity index (χ1v) is 8.00. The van der Waals surface area contributed by atoms with Crippen LogP contribution in [0.15, 0.2) is 46.9 Å². The average molecular weight is 355 g/mol. The maximum absolute atomic E-state index is 12.0. The van der Waals surface area contributed by atoms with E-state index in [0.717, 1.165) is 0 Å². The lowest BCUT2D eigenvalue weighted by atomic mass is 10.2. The van der Waals surface area contributed by atoms with Crippen molar-refractivity contribution in [1.29, 1.82) is 0 Å². The number of ether oxygens (including phenoxy) is 1. The number of fused-ring (bicyclic) bond motifs is 1. The molecule has 0 saturated heterocycles. The number of nitro benzene ring substituents is 1. The van der Waals surface area contributed by atoms with Crippen LogP contribution in [0.4, 0.5) is 11.4 Å². The third-order valence-electron chi connectivity index (χ3n) is 3.60. The van der Waals surface area contributed by atoms with Crippen molar-refractivity contribution in [3.8, 4) is 5.75 Å². The Hall–Kier alpha value is -3.42. The van der Waals surface area contributed by atoms with Gasteiger partial charge in [0.25, 0.3) is 11.6 Å². The molecule has 3 rings (SSSR count). The highest BCUT2D eigenvalue weighted by molar-refractivity contribution is 5.93. The van der Waals surface area contributed by atoms with Gasteiger partial charge in [0.15, 0.2) is 18.1 Å². The molecule has 0 atom stereocenters. The topological polar surface area (TPSA) is 108 Å². The summed E-state index contributed by atoms with van der Waals surface area (Å²) in [6.07, 6.45) is 0. The fourth-order valence-corrected chi connectivity index (χ4v) is 2.28. The molecule has 0 radical (unpaired) electrons. The van der Waals surface area contributed by atoms with Crippen LogP contribution in [0.3, 0.4) is 0 Å². The summed E-state index contributed by atoms with van der Waals surface area (Å²) in [4.78, 5) is 26.5. The number of nitrogens with zero attached hydrogens (tertiary/aromatic N) is 2. The van der Waals surface area contributed by atoms with Crippen molar-refractivity contribution in [2.75, 3.05) is 11.9 Å². The second kappa shape index (κ2) is 7.22. The van der Waals surface area contributed by atoms with E-state index in [-0.39, 0.29) is 24.1 Å². The first-order chi connectivity index (χ1) is 12.4. The molecule has 2 aromatic carbocycles. The summed E-state index contributed by atoms with van der Waals surface area (Å²) >= 11 is 0. The van der Waals surface area contributed by atoms with Crippen LogP contribution in [0.5, 0.6) is 5.75 Å². The van der Waals surface area contributed by atoms with Crippen molar-refractivity contribution in [3.05, 3.63) is 58.5 Å². The molecule has 26 heavy (non-hydrogen) atoms. The number of anilines is 1. The average Bonchev–Trinajstić information content (AvgIpc) is 3.04. The first kappa shape index (κ1) is 17.4. The molecule has 1 N–H and O–H groups in total. The van der Waals surface area contributed by atoms with Gasteiger partial charge in [-0.05, 0) is 30.3 Å². The number of non-ortho nitro benzene ring substituents is 1. The SMILES string of the molecule is CC(C)c1nc2cc(NC(=O)COc3ccc([N+](=O)[O-])cc3)ccc2o1. The Labute approximate surface area is 148 Å². The largest absolute Gasteiger partial charge is 0.484 e. The summed E-state index contributed by atoms with van der Waals surface area (Å²) in [5.41, 5.74) is 1.87. The van der Waals surface area contributed by atoms with Crippen molar-refractivity contribution in [2.45, 2.75) is 19.8 Å². The number of aromatic nitrogens is 1. The molecule has 8 nitrogen and oxygen atoms in total. The lowest BCUT2D eigenvalue weighted by Crippen LogP contribution is -2.20. The Morgan fingerprint density at radius 1 is 1.27 bits per heavy atom. The van der Waals surface area contributed by atoms with Crippen LogP contribution < -0.4 is 10.1 Å². The smallest absolute Gasteiger partial charge is 0.269 e. The first-order valence-electron chi connectivity index (χ1n) is 8.00. The molecule has 0 spiro atoms. The number of carbonyl (C=O) groups excluding carboxylic acids is 1. The van der Waals surface area contributed by atoms with E-state index in [0.29, 0.717) is 28.4 Å². The highest BCUT2D eigenvalue weighted by Crippen LogP contribution is 2.24. The number of hydrogen-bond donors (Lipinski definition) is 1. The van der Waals surface area contributed by atoms with Crippen molar-refractivity contribution >= 4 is 28.4 Å². The second-order valence-electron chi connectivity index (χ2n) is 5.98. The van der Waals surface area contributed by atoms with Gasteiger partial charge in [-0.15, -0.1) is 0 Å². The van der Waals surface area contributed by atoms with Gasteiger partial charge in [0.1, 0.15) is 11.3 Å². The van der Waals surface area contributed by atoms with Crippen LogP contribution in [0.1, 0.15) is 25.7 Å². The molecule has 0 fully saturated rings. The maximum Gasteiger partial charge on any atom is 0.269 e. The zero-order chi connectivity index (χ0) is 18.7. The quantitative estimate of drug-likeness (QED) is 0.531. The van der Waals surface area contributed by atoms with Crippen LogP contribution in [-0.2, 0) is 4.79 Å². The Balaban J connectivity index is 1.60. The van der Waals surface area contributed by atoms with Gasteiger partial charge in [-0.3, -0.25) is 14.9 Å². The van der Waals surface area contributed by atoms with Gasteiger partial charge >= 0.3 is 0 Å². The summed E-state index contributed by atoms with van der Waals surface area (Å²) in [5, 5.41) is 13.3. The monoisotopic (exact) mass is 355 g/mol. The number of nitrogens with one attached hydrogen (secondary N) is 1. The fraction of sp³-hybridized carbons (Fsp3) is 0.222. The minimum Gasteiger partial charge on any atom is -0.484 e. The Morgan fingerprint density at radius 2 is 2.00 bits per heavy atom. The molecule has 0 saturated carbocycles. The molecule has 0 unspecified atom stereocenters. The minimum atomic E-state index is -0.499. The van der Waals surface area contributed by atoms with Gasteiger partial charge in [0.2, 0.25) is 0 Å². The molecular weight excluding hydrogens is 338 g/mol. The van der Waals surface area contributed by atoms with Crippen molar-refractivity contribution in [3.63, 3.8) is 0 Å². The molecule has 134 valence electrons. The van der Waals surface area contributed by atoms with Crippen LogP contribution >= 0.6 is 0 Å². The Morgan fingerprint density at radius 3 is 2.65 bits per heavy atom. The highest BCUT2D eigenvalue weighted by Gasteiger charge is 2.11. The summed E-state index contributed by atoms with van der Waals surface area (Å²) in [6.45, 7) is 3.76. The van der Waals surface area contributed by atoms with E-state index in [1.54, 1.807) is 18.2 Å². The maximum atomic E-state index is 12.0. The Kier molecular flexibility index (Phi) is 4.83. The molecular formula is C18H17N3O5. The summed E-state index contributed by atoms with van der Waals surface area (Å²) in [6, 6.07) is 10.7. The predicted molar refractivity (Wildman–Crippen MR) is 95.3 cm³/mol. The van der Waals surface area contributed by atoms with Gasteiger partial charge in [-0.25, -0.2) is 4.98 Å². The van der Waals surface area contributed by atoms with Crippen LogP contribution in [0.2, 0.25) is 0 Å². The zero-order valence-corrected chi connectivity index (χ0v) is 14.3. The van der Waals surface area contributed by atoms with Gasteiger partial charge in [-0.2, -0.15) is 0 Å². The van der Waals surface area contributed by atoms with E-state index in [4.69, 9.17) is 9.15 Å². The highest BCUT2D eigenvalue weighted by atomic mass is 16.6. The number of carbonyl (C=O) groups is 1. The standard InChI is InChI=1S/C18H17N3O5/c1-11(2)18-20-15-9-12(3-8-16(15)26-18)19-17(22)10-25-14-6-4-13(5-7-14)21(23)24/h3-9,11H,10H2,1-2H3,(H,19,22). The van der Waals surface area contributed by atoms with E-state index >= 15 is 0 Å². The van der Waals surface area contributed by atoms with Crippen LogP contribution in [-0.4, -0.2) is 22.4 Å². The van der Waals surface area contributed by atoms with Gasteiger partial charge in [-0.1, -0.05) is 13.8 Å². The van der Waals surface area contributed by atoms with Crippen LogP contribution in [0, 0.1) is 10.1 Å². The van der Waals surface area contributed by atoms with Crippen molar-refractivity contribution < 1.29 is 18.9 Å². The van der Waals surface area contributed by atoms with Crippen molar-refractivity contribution in [1.82, 2.24) is 4.98 Å². The molecule has 0 aliphatic heterocycles. The van der Waals surface area contributed by atoms with Gasteiger partial charge in [0.05, 0.1) is 4.92 Å². The molecule has 1 amide bonds. The lowest BCUT2D eigenvalue weighted by molar-refractivity contribution is -0.384. The van der Waals surface area contributed by atoms with E-state index in [2.05, 4.69) is 10.3 Å². The number of amides is 1. The molecule has 0 aliphatic rings. The number of benzene rings is 2.